The summed E-state index contributed by atoms with van der Waals surface area (Å²) in [5, 5.41) is 5.72. The van der Waals surface area contributed by atoms with Gasteiger partial charge in [-0.25, -0.2) is 4.79 Å². The lowest BCUT2D eigenvalue weighted by atomic mass is 10.1. The van der Waals surface area contributed by atoms with E-state index in [0.29, 0.717) is 29.3 Å². The molecule has 2 aromatic rings. The number of hydrogen-bond donors (Lipinski definition) is 2. The standard InChI is InChI=1S/C20H22N2O4S/c1-13(2)12-26-17-6-4-5-16(11-17)21-20(27)22-18(23)14-7-9-15(10-8-14)19(24)25-3/h4-11,13H,12H2,1-3H3,(H2,21,22,23,27). The minimum absolute atomic E-state index is 0.165. The Morgan fingerprint density at radius 1 is 1.07 bits per heavy atom. The zero-order valence-electron chi connectivity index (χ0n) is 15.4. The van der Waals surface area contributed by atoms with Crippen LogP contribution < -0.4 is 15.4 Å². The summed E-state index contributed by atoms with van der Waals surface area (Å²) in [5.41, 5.74) is 1.45. The summed E-state index contributed by atoms with van der Waals surface area (Å²) in [6.07, 6.45) is 0. The van der Waals surface area contributed by atoms with E-state index in [0.717, 1.165) is 5.75 Å². The molecule has 1 amide bonds. The molecule has 0 atom stereocenters. The molecule has 6 nitrogen and oxygen atoms in total. The van der Waals surface area contributed by atoms with Crippen molar-refractivity contribution in [3.63, 3.8) is 0 Å². The fraction of sp³-hybridized carbons (Fsp3) is 0.250. The van der Waals surface area contributed by atoms with E-state index in [4.69, 9.17) is 17.0 Å². The maximum Gasteiger partial charge on any atom is 0.337 e. The van der Waals surface area contributed by atoms with Crippen LogP contribution in [0.15, 0.2) is 48.5 Å². The number of rotatable bonds is 6. The van der Waals surface area contributed by atoms with Crippen LogP contribution in [0, 0.1) is 5.92 Å². The number of anilines is 1. The van der Waals surface area contributed by atoms with E-state index >= 15 is 0 Å². The lowest BCUT2D eigenvalue weighted by Crippen LogP contribution is -2.34. The molecule has 0 fully saturated rings. The van der Waals surface area contributed by atoms with E-state index in [1.54, 1.807) is 0 Å². The Hall–Kier alpha value is -2.93. The molecule has 0 spiro atoms. The molecule has 0 saturated carbocycles. The first-order chi connectivity index (χ1) is 12.9. The molecule has 0 aliphatic rings. The molecule has 0 aromatic heterocycles. The number of thiocarbonyl (C=S) groups is 1. The van der Waals surface area contributed by atoms with Crippen molar-refractivity contribution in [2.24, 2.45) is 5.92 Å². The van der Waals surface area contributed by atoms with Crippen LogP contribution in [0.3, 0.4) is 0 Å². The molecule has 0 aliphatic carbocycles. The number of esters is 1. The van der Waals surface area contributed by atoms with Gasteiger partial charge in [0.15, 0.2) is 5.11 Å². The smallest absolute Gasteiger partial charge is 0.337 e. The second-order valence-electron chi connectivity index (χ2n) is 6.21. The van der Waals surface area contributed by atoms with Crippen molar-refractivity contribution in [3.05, 3.63) is 59.7 Å². The monoisotopic (exact) mass is 386 g/mol. The van der Waals surface area contributed by atoms with E-state index in [-0.39, 0.29) is 11.0 Å². The van der Waals surface area contributed by atoms with Crippen molar-refractivity contribution >= 4 is 34.9 Å². The third-order valence-electron chi connectivity index (χ3n) is 3.47. The van der Waals surface area contributed by atoms with E-state index in [1.165, 1.54) is 31.4 Å². The summed E-state index contributed by atoms with van der Waals surface area (Å²) >= 11 is 5.19. The maximum atomic E-state index is 12.3. The number of ether oxygens (including phenoxy) is 2. The van der Waals surface area contributed by atoms with Crippen LogP contribution in [0.2, 0.25) is 0 Å². The number of hydrogen-bond acceptors (Lipinski definition) is 5. The number of carbonyl (C=O) groups excluding carboxylic acids is 2. The van der Waals surface area contributed by atoms with E-state index < -0.39 is 5.97 Å². The first-order valence-corrected chi connectivity index (χ1v) is 8.83. The summed E-state index contributed by atoms with van der Waals surface area (Å²) in [4.78, 5) is 23.7. The maximum absolute atomic E-state index is 12.3. The second-order valence-corrected chi connectivity index (χ2v) is 6.62. The molecule has 2 aromatic carbocycles. The molecule has 0 heterocycles. The van der Waals surface area contributed by atoms with Crippen molar-refractivity contribution in [2.75, 3.05) is 19.0 Å². The van der Waals surface area contributed by atoms with Crippen molar-refractivity contribution in [2.45, 2.75) is 13.8 Å². The number of nitrogens with one attached hydrogen (secondary N) is 2. The summed E-state index contributed by atoms with van der Waals surface area (Å²) in [6.45, 7) is 4.77. The van der Waals surface area contributed by atoms with Gasteiger partial charge in [0.05, 0.1) is 19.3 Å². The molecule has 0 saturated heterocycles. The van der Waals surface area contributed by atoms with Gasteiger partial charge in [0, 0.05) is 17.3 Å². The number of amides is 1. The van der Waals surface area contributed by atoms with Crippen LogP contribution in [0.25, 0.3) is 0 Å². The Kier molecular flexibility index (Phi) is 7.31. The molecule has 0 bridgehead atoms. The fourth-order valence-corrected chi connectivity index (χ4v) is 2.35. The molecule has 142 valence electrons. The van der Waals surface area contributed by atoms with Gasteiger partial charge in [-0.3, -0.25) is 10.1 Å². The van der Waals surface area contributed by atoms with Crippen molar-refractivity contribution < 1.29 is 19.1 Å². The van der Waals surface area contributed by atoms with Gasteiger partial charge in [0.25, 0.3) is 5.91 Å². The van der Waals surface area contributed by atoms with Gasteiger partial charge in [-0.2, -0.15) is 0 Å². The first kappa shape index (κ1) is 20.4. The number of methoxy groups -OCH3 is 1. The zero-order chi connectivity index (χ0) is 19.8. The third-order valence-corrected chi connectivity index (χ3v) is 3.67. The van der Waals surface area contributed by atoms with Gasteiger partial charge in [-0.05, 0) is 54.5 Å². The minimum Gasteiger partial charge on any atom is -0.493 e. The molecular formula is C20H22N2O4S. The highest BCUT2D eigenvalue weighted by Gasteiger charge is 2.10. The van der Waals surface area contributed by atoms with Gasteiger partial charge in [0.2, 0.25) is 0 Å². The summed E-state index contributed by atoms with van der Waals surface area (Å²) in [7, 11) is 1.30. The topological polar surface area (TPSA) is 76.7 Å². The SMILES string of the molecule is COC(=O)c1ccc(C(=O)NC(=S)Nc2cccc(OCC(C)C)c2)cc1. The summed E-state index contributed by atoms with van der Waals surface area (Å²) in [6, 6.07) is 13.4. The Morgan fingerprint density at radius 3 is 2.37 bits per heavy atom. The molecule has 0 unspecified atom stereocenters. The van der Waals surface area contributed by atoms with Crippen LogP contribution in [0.4, 0.5) is 5.69 Å². The fourth-order valence-electron chi connectivity index (χ4n) is 2.14. The Labute approximate surface area is 163 Å². The third kappa shape index (κ3) is 6.38. The van der Waals surface area contributed by atoms with E-state index in [1.807, 2.05) is 24.3 Å². The first-order valence-electron chi connectivity index (χ1n) is 8.42. The van der Waals surface area contributed by atoms with Crippen LogP contribution >= 0.6 is 12.2 Å². The van der Waals surface area contributed by atoms with E-state index in [2.05, 4.69) is 29.2 Å². The molecule has 0 aliphatic heterocycles. The van der Waals surface area contributed by atoms with Gasteiger partial charge < -0.3 is 14.8 Å². The average molecular weight is 386 g/mol. The van der Waals surface area contributed by atoms with Crippen molar-refractivity contribution in [1.82, 2.24) is 5.32 Å². The van der Waals surface area contributed by atoms with Crippen LogP contribution in [0.1, 0.15) is 34.6 Å². The van der Waals surface area contributed by atoms with Crippen LogP contribution in [0.5, 0.6) is 5.75 Å². The molecule has 2 rings (SSSR count). The van der Waals surface area contributed by atoms with Crippen molar-refractivity contribution in [3.8, 4) is 5.75 Å². The summed E-state index contributed by atoms with van der Waals surface area (Å²) in [5.74, 6) is 0.309. The molecular weight excluding hydrogens is 364 g/mol. The second kappa shape index (κ2) is 9.68. The van der Waals surface area contributed by atoms with Crippen molar-refractivity contribution in [1.29, 1.82) is 0 Å². The zero-order valence-corrected chi connectivity index (χ0v) is 16.3. The predicted octanol–water partition coefficient (Wildman–Crippen LogP) is 3.63. The molecule has 7 heteroatoms. The highest BCUT2D eigenvalue weighted by atomic mass is 32.1. The molecule has 2 N–H and O–H groups in total. The Balaban J connectivity index is 1.94. The van der Waals surface area contributed by atoms with Gasteiger partial charge >= 0.3 is 5.97 Å². The summed E-state index contributed by atoms with van der Waals surface area (Å²) < 4.78 is 10.3. The average Bonchev–Trinajstić information content (AvgIpc) is 2.66. The quantitative estimate of drug-likeness (QED) is 0.583. The van der Waals surface area contributed by atoms with Gasteiger partial charge in [-0.15, -0.1) is 0 Å². The minimum atomic E-state index is -0.460. The number of carbonyl (C=O) groups is 2. The Bertz CT molecular complexity index is 819. The Morgan fingerprint density at radius 2 is 1.74 bits per heavy atom. The predicted molar refractivity (Wildman–Crippen MR) is 108 cm³/mol. The molecule has 0 radical (unpaired) electrons. The van der Waals surface area contributed by atoms with Crippen LogP contribution in [-0.4, -0.2) is 30.7 Å². The highest BCUT2D eigenvalue weighted by molar-refractivity contribution is 7.80. The lowest BCUT2D eigenvalue weighted by molar-refractivity contribution is 0.0600. The molecule has 27 heavy (non-hydrogen) atoms. The highest BCUT2D eigenvalue weighted by Crippen LogP contribution is 2.18. The lowest BCUT2D eigenvalue weighted by Gasteiger charge is -2.12. The normalized spacial score (nSPS) is 10.2. The largest absolute Gasteiger partial charge is 0.493 e. The van der Waals surface area contributed by atoms with E-state index in [9.17, 15) is 9.59 Å². The van der Waals surface area contributed by atoms with Gasteiger partial charge in [0.1, 0.15) is 5.75 Å². The number of benzene rings is 2. The van der Waals surface area contributed by atoms with Crippen LogP contribution in [-0.2, 0) is 4.74 Å². The van der Waals surface area contributed by atoms with Gasteiger partial charge in [-0.1, -0.05) is 19.9 Å².